The van der Waals surface area contributed by atoms with Crippen molar-refractivity contribution in [2.75, 3.05) is 9.80 Å². The second kappa shape index (κ2) is 12.9. The highest BCUT2D eigenvalue weighted by atomic mass is 15.2. The van der Waals surface area contributed by atoms with E-state index in [1.54, 1.807) is 0 Å². The van der Waals surface area contributed by atoms with E-state index in [4.69, 9.17) is 0 Å². The van der Waals surface area contributed by atoms with E-state index in [1.807, 2.05) is 12.1 Å². The second-order valence-corrected chi connectivity index (χ2v) is 12.3. The van der Waals surface area contributed by atoms with Gasteiger partial charge in [-0.25, -0.2) is 0 Å². The van der Waals surface area contributed by atoms with Crippen molar-refractivity contribution in [3.05, 3.63) is 205 Å². The van der Waals surface area contributed by atoms with Gasteiger partial charge in [-0.3, -0.25) is 0 Å². The summed E-state index contributed by atoms with van der Waals surface area (Å²) in [5.41, 5.74) is 14.7. The molecule has 0 amide bonds. The van der Waals surface area contributed by atoms with Crippen LogP contribution in [0.15, 0.2) is 188 Å². The lowest BCUT2D eigenvalue weighted by Crippen LogP contribution is -2.20. The minimum Gasteiger partial charge on any atom is -0.317 e. The highest BCUT2D eigenvalue weighted by Gasteiger charge is 2.29. The van der Waals surface area contributed by atoms with Crippen LogP contribution in [0.3, 0.4) is 0 Å². The minimum atomic E-state index is 0.301. The Bertz CT molecular complexity index is 2130. The van der Waals surface area contributed by atoms with Gasteiger partial charge in [0.05, 0.1) is 0 Å². The van der Waals surface area contributed by atoms with E-state index in [2.05, 4.69) is 199 Å². The Hall–Kier alpha value is -6.12. The lowest BCUT2D eigenvalue weighted by molar-refractivity contribution is 0.892. The maximum Gasteiger partial charge on any atom is 0.0500 e. The fraction of sp³-hybridized carbons (Fsp3) is 0.0435. The summed E-state index contributed by atoms with van der Waals surface area (Å²) < 4.78 is 0. The van der Waals surface area contributed by atoms with E-state index >= 15 is 0 Å². The molecule has 1 aliphatic rings. The summed E-state index contributed by atoms with van der Waals surface area (Å²) in [4.78, 5) is 4.61. The molecule has 1 aliphatic heterocycles. The molecule has 0 bridgehead atoms. The summed E-state index contributed by atoms with van der Waals surface area (Å²) >= 11 is 0. The molecule has 8 rings (SSSR count). The summed E-state index contributed by atoms with van der Waals surface area (Å²) in [5, 5.41) is 0. The Morgan fingerprint density at radius 3 is 1.56 bits per heavy atom. The van der Waals surface area contributed by atoms with Gasteiger partial charge >= 0.3 is 0 Å². The Morgan fingerprint density at radius 2 is 0.938 bits per heavy atom. The van der Waals surface area contributed by atoms with Gasteiger partial charge in [-0.2, -0.15) is 0 Å². The summed E-state index contributed by atoms with van der Waals surface area (Å²) in [5.74, 6) is 0.301. The summed E-state index contributed by atoms with van der Waals surface area (Å²) in [6.07, 6.45) is 4.31. The molecule has 7 aromatic carbocycles. The van der Waals surface area contributed by atoms with Gasteiger partial charge in [-0.05, 0) is 99.6 Å². The lowest BCUT2D eigenvalue weighted by Gasteiger charge is -2.37. The van der Waals surface area contributed by atoms with Gasteiger partial charge in [0.25, 0.3) is 0 Å². The summed E-state index contributed by atoms with van der Waals surface area (Å²) in [6, 6.07) is 65.1. The molecule has 0 fully saturated rings. The van der Waals surface area contributed by atoms with Crippen LogP contribution in [0.5, 0.6) is 0 Å². The van der Waals surface area contributed by atoms with Gasteiger partial charge in [-0.1, -0.05) is 134 Å². The Labute approximate surface area is 283 Å². The van der Waals surface area contributed by atoms with Gasteiger partial charge in [-0.15, -0.1) is 0 Å². The van der Waals surface area contributed by atoms with Crippen molar-refractivity contribution in [2.45, 2.75) is 12.8 Å². The molecule has 1 atom stereocenters. The first-order chi connectivity index (χ1) is 23.7. The first-order valence-corrected chi connectivity index (χ1v) is 16.6. The van der Waals surface area contributed by atoms with Crippen molar-refractivity contribution in [2.24, 2.45) is 0 Å². The number of fused-ring (bicyclic) bond motifs is 2. The highest BCUT2D eigenvalue weighted by molar-refractivity contribution is 5.86. The van der Waals surface area contributed by atoms with Crippen LogP contribution in [0.4, 0.5) is 28.4 Å². The fourth-order valence-electron chi connectivity index (χ4n) is 6.80. The van der Waals surface area contributed by atoms with Crippen molar-refractivity contribution in [1.29, 1.82) is 0 Å². The van der Waals surface area contributed by atoms with Crippen molar-refractivity contribution < 1.29 is 0 Å². The minimum absolute atomic E-state index is 0.301. The smallest absolute Gasteiger partial charge is 0.0500 e. The van der Waals surface area contributed by atoms with Gasteiger partial charge < -0.3 is 9.80 Å². The number of hydrogen-bond acceptors (Lipinski definition) is 2. The Balaban J connectivity index is 1.04. The van der Waals surface area contributed by atoms with Gasteiger partial charge in [0.2, 0.25) is 0 Å². The Morgan fingerprint density at radius 1 is 0.458 bits per heavy atom. The molecule has 0 spiro atoms. The molecule has 230 valence electrons. The SMILES string of the molecule is CC1c2ccccc2N(c2ccccc2)c2ccc(-c3ccc(-c4ccc(/C=C/N(c5ccccc5)c5ccccc5)cc4)cc3)cc21. The molecule has 0 aromatic heterocycles. The first-order valence-electron chi connectivity index (χ1n) is 16.6. The van der Waals surface area contributed by atoms with E-state index in [9.17, 15) is 0 Å². The van der Waals surface area contributed by atoms with Crippen LogP contribution in [0.1, 0.15) is 29.5 Å². The average molecular weight is 617 g/mol. The standard InChI is InChI=1S/C46H36N2/c1-34-43-19-11-12-20-45(43)48(42-17-9-4-10-18-42)46-30-29-39(33-44(34)46)38-27-25-37(26-28-38)36-23-21-35(22-24-36)31-32-47(40-13-5-2-6-14-40)41-15-7-3-8-16-41/h2-34H,1H3/b32-31+. The van der Waals surface area contributed by atoms with Crippen molar-refractivity contribution in [3.8, 4) is 22.3 Å². The van der Waals surface area contributed by atoms with Gasteiger partial charge in [0.15, 0.2) is 0 Å². The van der Waals surface area contributed by atoms with Gasteiger partial charge in [0.1, 0.15) is 0 Å². The molecule has 0 radical (unpaired) electrons. The van der Waals surface area contributed by atoms with Crippen LogP contribution in [0.2, 0.25) is 0 Å². The zero-order valence-corrected chi connectivity index (χ0v) is 26.9. The predicted octanol–water partition coefficient (Wildman–Crippen LogP) is 12.8. The normalized spacial score (nSPS) is 13.6. The molecule has 1 unspecified atom stereocenters. The maximum absolute atomic E-state index is 2.40. The molecular weight excluding hydrogens is 581 g/mol. The molecule has 48 heavy (non-hydrogen) atoms. The third-order valence-corrected chi connectivity index (χ3v) is 9.34. The maximum atomic E-state index is 2.40. The Kier molecular flexibility index (Phi) is 7.90. The third kappa shape index (κ3) is 5.70. The van der Waals surface area contributed by atoms with Crippen LogP contribution >= 0.6 is 0 Å². The van der Waals surface area contributed by atoms with Gasteiger partial charge in [0, 0.05) is 40.6 Å². The van der Waals surface area contributed by atoms with E-state index in [-0.39, 0.29) is 0 Å². The molecule has 0 saturated carbocycles. The molecular formula is C46H36N2. The van der Waals surface area contributed by atoms with Crippen LogP contribution < -0.4 is 9.80 Å². The van der Waals surface area contributed by atoms with E-state index in [0.29, 0.717) is 5.92 Å². The largest absolute Gasteiger partial charge is 0.317 e. The monoisotopic (exact) mass is 616 g/mol. The lowest BCUT2D eigenvalue weighted by atomic mass is 9.84. The van der Waals surface area contributed by atoms with Crippen LogP contribution in [-0.2, 0) is 0 Å². The molecule has 2 heteroatoms. The topological polar surface area (TPSA) is 6.48 Å². The van der Waals surface area contributed by atoms with Crippen molar-refractivity contribution in [3.63, 3.8) is 0 Å². The predicted molar refractivity (Wildman–Crippen MR) is 204 cm³/mol. The number of nitrogens with zero attached hydrogens (tertiary/aromatic N) is 2. The number of hydrogen-bond donors (Lipinski definition) is 0. The summed E-state index contributed by atoms with van der Waals surface area (Å²) in [6.45, 7) is 2.33. The number of para-hydroxylation sites is 4. The van der Waals surface area contributed by atoms with E-state index in [0.717, 1.165) is 16.9 Å². The molecule has 0 N–H and O–H groups in total. The van der Waals surface area contributed by atoms with Crippen molar-refractivity contribution >= 4 is 34.5 Å². The first kappa shape index (κ1) is 29.3. The van der Waals surface area contributed by atoms with Crippen LogP contribution in [-0.4, -0.2) is 0 Å². The fourth-order valence-corrected chi connectivity index (χ4v) is 6.80. The zero-order chi connectivity index (χ0) is 32.3. The van der Waals surface area contributed by atoms with E-state index < -0.39 is 0 Å². The zero-order valence-electron chi connectivity index (χ0n) is 26.9. The molecule has 7 aromatic rings. The number of benzene rings is 7. The summed E-state index contributed by atoms with van der Waals surface area (Å²) in [7, 11) is 0. The molecule has 1 heterocycles. The number of anilines is 5. The van der Waals surface area contributed by atoms with Crippen LogP contribution in [0, 0.1) is 0 Å². The third-order valence-electron chi connectivity index (χ3n) is 9.34. The molecule has 2 nitrogen and oxygen atoms in total. The van der Waals surface area contributed by atoms with E-state index in [1.165, 1.54) is 50.4 Å². The quantitative estimate of drug-likeness (QED) is 0.176. The number of rotatable bonds is 7. The second-order valence-electron chi connectivity index (χ2n) is 12.3. The molecule has 0 aliphatic carbocycles. The van der Waals surface area contributed by atoms with Crippen molar-refractivity contribution in [1.82, 2.24) is 0 Å². The van der Waals surface area contributed by atoms with Crippen LogP contribution in [0.25, 0.3) is 28.3 Å². The average Bonchev–Trinajstić information content (AvgIpc) is 3.17. The highest BCUT2D eigenvalue weighted by Crippen LogP contribution is 2.49. The molecule has 0 saturated heterocycles.